The lowest BCUT2D eigenvalue weighted by Gasteiger charge is -2.27. The van der Waals surface area contributed by atoms with Gasteiger partial charge in [-0.15, -0.1) is 11.3 Å². The first-order chi connectivity index (χ1) is 8.47. The summed E-state index contributed by atoms with van der Waals surface area (Å²) in [6.07, 6.45) is 0.342. The molecule has 2 unspecified atom stereocenters. The van der Waals surface area contributed by atoms with E-state index in [-0.39, 0.29) is 17.9 Å². The standard InChI is InChI=1S/C12H15ClN2O2S/c1-7-5-11(16)14-8(2)12(17)15(7)6-9-3-4-10(13)18-9/h3-4,7-8H,5-6H2,1-2H3,(H,14,16). The van der Waals surface area contributed by atoms with Gasteiger partial charge < -0.3 is 10.2 Å². The highest BCUT2D eigenvalue weighted by atomic mass is 35.5. The molecule has 1 aromatic heterocycles. The molecule has 98 valence electrons. The van der Waals surface area contributed by atoms with Gasteiger partial charge in [0.25, 0.3) is 0 Å². The fourth-order valence-electron chi connectivity index (χ4n) is 2.04. The van der Waals surface area contributed by atoms with Crippen molar-refractivity contribution in [2.24, 2.45) is 0 Å². The molecule has 0 bridgehead atoms. The van der Waals surface area contributed by atoms with E-state index in [1.54, 1.807) is 11.8 Å². The van der Waals surface area contributed by atoms with Gasteiger partial charge in [0.2, 0.25) is 11.8 Å². The Balaban J connectivity index is 2.18. The van der Waals surface area contributed by atoms with Crippen molar-refractivity contribution in [3.8, 4) is 0 Å². The Labute approximate surface area is 115 Å². The van der Waals surface area contributed by atoms with E-state index in [9.17, 15) is 9.59 Å². The van der Waals surface area contributed by atoms with Crippen molar-refractivity contribution in [3.05, 3.63) is 21.3 Å². The Kier molecular flexibility index (Phi) is 3.92. The van der Waals surface area contributed by atoms with Crippen molar-refractivity contribution < 1.29 is 9.59 Å². The van der Waals surface area contributed by atoms with E-state index in [2.05, 4.69) is 5.32 Å². The predicted octanol–water partition coefficient (Wildman–Crippen LogP) is 2.03. The largest absolute Gasteiger partial charge is 0.345 e. The summed E-state index contributed by atoms with van der Waals surface area (Å²) < 4.78 is 0.710. The summed E-state index contributed by atoms with van der Waals surface area (Å²) in [7, 11) is 0. The lowest BCUT2D eigenvalue weighted by atomic mass is 10.2. The number of halogens is 1. The predicted molar refractivity (Wildman–Crippen MR) is 71.6 cm³/mol. The molecule has 6 heteroatoms. The molecule has 2 heterocycles. The van der Waals surface area contributed by atoms with Gasteiger partial charge in [0, 0.05) is 17.3 Å². The number of amides is 2. The van der Waals surface area contributed by atoms with Crippen LogP contribution >= 0.6 is 22.9 Å². The third-order valence-electron chi connectivity index (χ3n) is 3.00. The SMILES string of the molecule is CC1NC(=O)CC(C)N(Cc2ccc(Cl)s2)C1=O. The minimum atomic E-state index is -0.460. The highest BCUT2D eigenvalue weighted by Gasteiger charge is 2.31. The maximum atomic E-state index is 12.2. The van der Waals surface area contributed by atoms with Crippen molar-refractivity contribution in [3.63, 3.8) is 0 Å². The number of rotatable bonds is 2. The monoisotopic (exact) mass is 286 g/mol. The van der Waals surface area contributed by atoms with Crippen LogP contribution in [-0.2, 0) is 16.1 Å². The molecule has 18 heavy (non-hydrogen) atoms. The van der Waals surface area contributed by atoms with Crippen molar-refractivity contribution in [1.82, 2.24) is 10.2 Å². The molecule has 0 saturated carbocycles. The third kappa shape index (κ3) is 2.84. The van der Waals surface area contributed by atoms with Crippen LogP contribution in [0.4, 0.5) is 0 Å². The molecule has 1 aliphatic rings. The van der Waals surface area contributed by atoms with Gasteiger partial charge in [0.1, 0.15) is 6.04 Å². The van der Waals surface area contributed by atoms with Crippen LogP contribution in [0.1, 0.15) is 25.1 Å². The van der Waals surface area contributed by atoms with E-state index >= 15 is 0 Å². The molecular formula is C12H15ClN2O2S. The molecule has 2 amide bonds. The van der Waals surface area contributed by atoms with Gasteiger partial charge in [-0.3, -0.25) is 9.59 Å². The molecular weight excluding hydrogens is 272 g/mol. The van der Waals surface area contributed by atoms with Crippen LogP contribution in [0.3, 0.4) is 0 Å². The Hall–Kier alpha value is -1.07. The average molecular weight is 287 g/mol. The molecule has 0 aliphatic carbocycles. The smallest absolute Gasteiger partial charge is 0.245 e. The van der Waals surface area contributed by atoms with E-state index in [0.717, 1.165) is 4.88 Å². The van der Waals surface area contributed by atoms with Crippen molar-refractivity contribution in [1.29, 1.82) is 0 Å². The molecule has 1 aliphatic heterocycles. The Morgan fingerprint density at radius 1 is 1.44 bits per heavy atom. The molecule has 0 radical (unpaired) electrons. The lowest BCUT2D eigenvalue weighted by molar-refractivity contribution is -0.135. The molecule has 1 aromatic rings. The van der Waals surface area contributed by atoms with E-state index in [1.165, 1.54) is 11.3 Å². The molecule has 2 rings (SSSR count). The van der Waals surface area contributed by atoms with Crippen LogP contribution in [0, 0.1) is 0 Å². The van der Waals surface area contributed by atoms with Crippen LogP contribution in [0.2, 0.25) is 4.34 Å². The Morgan fingerprint density at radius 2 is 2.17 bits per heavy atom. The zero-order chi connectivity index (χ0) is 13.3. The second-order valence-electron chi connectivity index (χ2n) is 4.51. The average Bonchev–Trinajstić information content (AvgIpc) is 2.66. The number of carbonyl (C=O) groups is 2. The Morgan fingerprint density at radius 3 is 2.78 bits per heavy atom. The molecule has 0 spiro atoms. The summed E-state index contributed by atoms with van der Waals surface area (Å²) in [5.41, 5.74) is 0. The van der Waals surface area contributed by atoms with Crippen molar-refractivity contribution >= 4 is 34.8 Å². The van der Waals surface area contributed by atoms with Gasteiger partial charge in [-0.1, -0.05) is 11.6 Å². The van der Waals surface area contributed by atoms with E-state index in [4.69, 9.17) is 11.6 Å². The zero-order valence-electron chi connectivity index (χ0n) is 10.3. The number of thiophene rings is 1. The second-order valence-corrected chi connectivity index (χ2v) is 6.31. The third-order valence-corrected chi connectivity index (χ3v) is 4.21. The number of nitrogens with one attached hydrogen (secondary N) is 1. The zero-order valence-corrected chi connectivity index (χ0v) is 11.8. The minimum Gasteiger partial charge on any atom is -0.345 e. The first-order valence-corrected chi connectivity index (χ1v) is 7.01. The van der Waals surface area contributed by atoms with Crippen molar-refractivity contribution in [2.75, 3.05) is 0 Å². The number of hydrogen-bond acceptors (Lipinski definition) is 3. The summed E-state index contributed by atoms with van der Waals surface area (Å²) in [6, 6.07) is 3.18. The van der Waals surface area contributed by atoms with Gasteiger partial charge in [0.05, 0.1) is 10.9 Å². The van der Waals surface area contributed by atoms with Gasteiger partial charge in [-0.25, -0.2) is 0 Å². The topological polar surface area (TPSA) is 49.4 Å². The van der Waals surface area contributed by atoms with Gasteiger partial charge in [-0.05, 0) is 26.0 Å². The number of nitrogens with zero attached hydrogens (tertiary/aromatic N) is 1. The van der Waals surface area contributed by atoms with Gasteiger partial charge in [0.15, 0.2) is 0 Å². The summed E-state index contributed by atoms with van der Waals surface area (Å²) in [5, 5.41) is 2.69. The summed E-state index contributed by atoms with van der Waals surface area (Å²) in [4.78, 5) is 26.5. The van der Waals surface area contributed by atoms with Crippen molar-refractivity contribution in [2.45, 2.75) is 38.9 Å². The quantitative estimate of drug-likeness (QED) is 0.904. The maximum absolute atomic E-state index is 12.2. The molecule has 2 atom stereocenters. The lowest BCUT2D eigenvalue weighted by Crippen LogP contribution is -2.44. The van der Waals surface area contributed by atoms with Crippen LogP contribution in [-0.4, -0.2) is 28.8 Å². The van der Waals surface area contributed by atoms with Crippen LogP contribution in [0.5, 0.6) is 0 Å². The van der Waals surface area contributed by atoms with Gasteiger partial charge in [-0.2, -0.15) is 0 Å². The van der Waals surface area contributed by atoms with E-state index in [1.807, 2.05) is 19.1 Å². The molecule has 1 N–H and O–H groups in total. The fraction of sp³-hybridized carbons (Fsp3) is 0.500. The first-order valence-electron chi connectivity index (χ1n) is 5.81. The van der Waals surface area contributed by atoms with E-state index < -0.39 is 6.04 Å². The molecule has 0 aromatic carbocycles. The van der Waals surface area contributed by atoms with E-state index in [0.29, 0.717) is 17.3 Å². The maximum Gasteiger partial charge on any atom is 0.245 e. The number of hydrogen-bond donors (Lipinski definition) is 1. The normalized spacial score (nSPS) is 24.9. The fourth-order valence-corrected chi connectivity index (χ4v) is 3.13. The summed E-state index contributed by atoms with van der Waals surface area (Å²) in [5.74, 6) is -0.118. The molecule has 1 fully saturated rings. The summed E-state index contributed by atoms with van der Waals surface area (Å²) in [6.45, 7) is 4.12. The van der Waals surface area contributed by atoms with Crippen LogP contribution in [0.15, 0.2) is 12.1 Å². The minimum absolute atomic E-state index is 0.0436. The molecule has 1 saturated heterocycles. The summed E-state index contributed by atoms with van der Waals surface area (Å²) >= 11 is 7.34. The number of carbonyl (C=O) groups excluding carboxylic acids is 2. The van der Waals surface area contributed by atoms with Gasteiger partial charge >= 0.3 is 0 Å². The first kappa shape index (κ1) is 13.4. The molecule has 4 nitrogen and oxygen atoms in total. The Bertz CT molecular complexity index is 474. The van der Waals surface area contributed by atoms with Crippen LogP contribution in [0.25, 0.3) is 0 Å². The highest BCUT2D eigenvalue weighted by molar-refractivity contribution is 7.16. The highest BCUT2D eigenvalue weighted by Crippen LogP contribution is 2.24. The van der Waals surface area contributed by atoms with Crippen LogP contribution < -0.4 is 5.32 Å². The second kappa shape index (κ2) is 5.28.